The number of hydrogen-bond donors (Lipinski definition) is 1. The smallest absolute Gasteiger partial charge is 0.363 e. The summed E-state index contributed by atoms with van der Waals surface area (Å²) < 4.78 is 39.3. The Balaban J connectivity index is 1.89. The van der Waals surface area contributed by atoms with E-state index in [4.69, 9.17) is 0 Å². The number of carbonyl (C=O) groups excluding carboxylic acids is 1. The van der Waals surface area contributed by atoms with E-state index in [1.165, 1.54) is 17.5 Å². The van der Waals surface area contributed by atoms with Gasteiger partial charge in [-0.2, -0.15) is 13.2 Å². The highest BCUT2D eigenvalue weighted by molar-refractivity contribution is 5.83. The predicted octanol–water partition coefficient (Wildman–Crippen LogP) is 1.15. The van der Waals surface area contributed by atoms with Crippen molar-refractivity contribution in [1.29, 1.82) is 0 Å². The number of nitrogens with zero attached hydrogens (tertiary/aromatic N) is 6. The number of halogens is 3. The lowest BCUT2D eigenvalue weighted by Crippen LogP contribution is -2.40. The lowest BCUT2D eigenvalue weighted by molar-refractivity contribution is -0.140. The van der Waals surface area contributed by atoms with Crippen LogP contribution in [0.15, 0.2) is 31.1 Å². The van der Waals surface area contributed by atoms with Crippen LogP contribution in [0.2, 0.25) is 0 Å². The van der Waals surface area contributed by atoms with Crippen LogP contribution in [0, 0.1) is 0 Å². The first kappa shape index (κ1) is 16.7. The van der Waals surface area contributed by atoms with Gasteiger partial charge in [-0.25, -0.2) is 15.0 Å². The van der Waals surface area contributed by atoms with Gasteiger partial charge in [-0.05, 0) is 0 Å². The molecule has 132 valence electrons. The number of anilines is 2. The van der Waals surface area contributed by atoms with Gasteiger partial charge in [0.1, 0.15) is 18.2 Å². The molecular weight excluding hydrogens is 339 g/mol. The van der Waals surface area contributed by atoms with Gasteiger partial charge >= 0.3 is 6.18 Å². The third kappa shape index (κ3) is 3.12. The largest absolute Gasteiger partial charge is 0.434 e. The second-order valence-electron chi connectivity index (χ2n) is 5.44. The number of nitrogens with one attached hydrogen (secondary N) is 1. The Hall–Kier alpha value is -3.11. The summed E-state index contributed by atoms with van der Waals surface area (Å²) in [4.78, 5) is 24.9. The molecule has 1 aliphatic rings. The van der Waals surface area contributed by atoms with E-state index in [0.717, 1.165) is 17.1 Å². The molecule has 1 unspecified atom stereocenters. The Morgan fingerprint density at radius 3 is 2.64 bits per heavy atom. The Kier molecular flexibility index (Phi) is 4.07. The van der Waals surface area contributed by atoms with Crippen molar-refractivity contribution >= 4 is 23.6 Å². The molecule has 0 radical (unpaired) electrons. The zero-order valence-corrected chi connectivity index (χ0v) is 13.3. The van der Waals surface area contributed by atoms with Crippen molar-refractivity contribution < 1.29 is 18.0 Å². The quantitative estimate of drug-likeness (QED) is 0.826. The van der Waals surface area contributed by atoms with E-state index < -0.39 is 17.9 Å². The molecule has 0 saturated carbocycles. The maximum absolute atomic E-state index is 12.7. The van der Waals surface area contributed by atoms with Crippen LogP contribution in [0.3, 0.4) is 0 Å². The highest BCUT2D eigenvalue weighted by Gasteiger charge is 2.35. The summed E-state index contributed by atoms with van der Waals surface area (Å²) in [6, 6.07) is 0.773. The summed E-state index contributed by atoms with van der Waals surface area (Å²) in [6.45, 7) is 0. The standard InChI is InChI=1S/C14H14F3N7O/c1-22(2)12-3-13(19-7-18-12)24-10(6-25)9(4-21-24)23-5-11(20-8-23)14(15,16)17/h3-8,10,21H,1-2H3. The zero-order chi connectivity index (χ0) is 18.2. The molecule has 0 amide bonds. The molecule has 3 heterocycles. The number of rotatable bonds is 4. The third-order valence-electron chi connectivity index (χ3n) is 3.58. The molecule has 2 aromatic heterocycles. The van der Waals surface area contributed by atoms with Crippen LogP contribution < -0.4 is 15.3 Å². The molecule has 3 rings (SSSR count). The molecule has 8 nitrogen and oxygen atoms in total. The van der Waals surface area contributed by atoms with Gasteiger partial charge < -0.3 is 19.7 Å². The number of hydrogen-bond acceptors (Lipinski definition) is 7. The van der Waals surface area contributed by atoms with Crippen LogP contribution in [-0.4, -0.2) is 45.9 Å². The summed E-state index contributed by atoms with van der Waals surface area (Å²) in [5.74, 6) is 1.02. The van der Waals surface area contributed by atoms with Gasteiger partial charge in [0.15, 0.2) is 17.8 Å². The Morgan fingerprint density at radius 2 is 2.04 bits per heavy atom. The molecule has 1 atom stereocenters. The van der Waals surface area contributed by atoms with Gasteiger partial charge in [-0.1, -0.05) is 0 Å². The fraction of sp³-hybridized carbons (Fsp3) is 0.286. The third-order valence-corrected chi connectivity index (χ3v) is 3.58. The van der Waals surface area contributed by atoms with E-state index in [-0.39, 0.29) is 0 Å². The van der Waals surface area contributed by atoms with Gasteiger partial charge in [0.05, 0.1) is 12.0 Å². The second-order valence-corrected chi connectivity index (χ2v) is 5.44. The molecule has 0 spiro atoms. The minimum atomic E-state index is -4.55. The molecule has 1 N–H and O–H groups in total. The Bertz CT molecular complexity index is 815. The molecule has 0 aromatic carbocycles. The van der Waals surface area contributed by atoms with Crippen LogP contribution in [0.25, 0.3) is 5.70 Å². The summed E-state index contributed by atoms with van der Waals surface area (Å²) in [5, 5.41) is 1.43. The number of hydrazine groups is 1. The van der Waals surface area contributed by atoms with E-state index in [2.05, 4.69) is 20.4 Å². The van der Waals surface area contributed by atoms with Gasteiger partial charge in [0, 0.05) is 32.6 Å². The first-order valence-corrected chi connectivity index (χ1v) is 7.13. The highest BCUT2D eigenvalue weighted by atomic mass is 19.4. The normalized spacial score (nSPS) is 17.2. The van der Waals surface area contributed by atoms with E-state index in [1.807, 2.05) is 0 Å². The molecule has 1 aliphatic heterocycles. The average molecular weight is 353 g/mol. The maximum Gasteiger partial charge on any atom is 0.434 e. The zero-order valence-electron chi connectivity index (χ0n) is 13.3. The van der Waals surface area contributed by atoms with E-state index in [0.29, 0.717) is 23.6 Å². The van der Waals surface area contributed by atoms with Crippen LogP contribution in [0.1, 0.15) is 5.69 Å². The van der Waals surface area contributed by atoms with Crippen molar-refractivity contribution in [1.82, 2.24) is 24.9 Å². The van der Waals surface area contributed by atoms with Crippen molar-refractivity contribution in [3.05, 3.63) is 36.8 Å². The topological polar surface area (TPSA) is 79.2 Å². The van der Waals surface area contributed by atoms with Crippen molar-refractivity contribution in [2.75, 3.05) is 24.0 Å². The van der Waals surface area contributed by atoms with Crippen LogP contribution in [-0.2, 0) is 11.0 Å². The van der Waals surface area contributed by atoms with Crippen LogP contribution >= 0.6 is 0 Å². The number of aldehydes is 1. The average Bonchev–Trinajstić information content (AvgIpc) is 3.20. The van der Waals surface area contributed by atoms with Crippen molar-refractivity contribution in [2.24, 2.45) is 0 Å². The SMILES string of the molecule is CN(C)c1cc(N2NC=C(n3cnc(C(F)(F)F)c3)C2C=O)ncn1. The lowest BCUT2D eigenvalue weighted by Gasteiger charge is -2.24. The van der Waals surface area contributed by atoms with E-state index in [9.17, 15) is 18.0 Å². The fourth-order valence-corrected chi connectivity index (χ4v) is 2.32. The Morgan fingerprint density at radius 1 is 1.28 bits per heavy atom. The van der Waals surface area contributed by atoms with Crippen molar-refractivity contribution in [2.45, 2.75) is 12.2 Å². The number of alkyl halides is 3. The minimum absolute atomic E-state index is 0.294. The molecular formula is C14H14F3N7O. The first-order chi connectivity index (χ1) is 11.8. The van der Waals surface area contributed by atoms with Crippen molar-refractivity contribution in [3.63, 3.8) is 0 Å². The van der Waals surface area contributed by atoms with E-state index in [1.54, 1.807) is 25.1 Å². The molecule has 0 saturated heterocycles. The highest BCUT2D eigenvalue weighted by Crippen LogP contribution is 2.30. The monoisotopic (exact) mass is 353 g/mol. The van der Waals surface area contributed by atoms with Gasteiger partial charge in [0.2, 0.25) is 0 Å². The maximum atomic E-state index is 12.7. The molecule has 11 heteroatoms. The molecule has 0 aliphatic carbocycles. The summed E-state index contributed by atoms with van der Waals surface area (Å²) >= 11 is 0. The minimum Gasteiger partial charge on any atom is -0.363 e. The van der Waals surface area contributed by atoms with Gasteiger partial charge in [-0.15, -0.1) is 0 Å². The summed E-state index contributed by atoms with van der Waals surface area (Å²) in [5.41, 5.74) is 2.10. The lowest BCUT2D eigenvalue weighted by atomic mass is 10.2. The number of imidazole rings is 1. The van der Waals surface area contributed by atoms with Gasteiger partial charge in [-0.3, -0.25) is 5.01 Å². The van der Waals surface area contributed by atoms with Crippen LogP contribution in [0.4, 0.5) is 24.8 Å². The first-order valence-electron chi connectivity index (χ1n) is 7.13. The number of carbonyl (C=O) groups is 1. The molecule has 0 bridgehead atoms. The fourth-order valence-electron chi connectivity index (χ4n) is 2.32. The van der Waals surface area contributed by atoms with Crippen molar-refractivity contribution in [3.8, 4) is 0 Å². The summed E-state index contributed by atoms with van der Waals surface area (Å²) in [7, 11) is 3.60. The summed E-state index contributed by atoms with van der Waals surface area (Å²) in [6.07, 6.45) is 0.668. The Labute approximate surface area is 140 Å². The number of aromatic nitrogens is 4. The molecule has 25 heavy (non-hydrogen) atoms. The van der Waals surface area contributed by atoms with Crippen LogP contribution in [0.5, 0.6) is 0 Å². The van der Waals surface area contributed by atoms with E-state index >= 15 is 0 Å². The molecule has 0 fully saturated rings. The predicted molar refractivity (Wildman–Crippen MR) is 83.3 cm³/mol. The molecule has 2 aromatic rings. The second kappa shape index (κ2) is 6.07. The van der Waals surface area contributed by atoms with Gasteiger partial charge in [0.25, 0.3) is 0 Å².